The van der Waals surface area contributed by atoms with Gasteiger partial charge in [-0.2, -0.15) is 0 Å². The van der Waals surface area contributed by atoms with Gasteiger partial charge in [0.25, 0.3) is 0 Å². The van der Waals surface area contributed by atoms with Crippen molar-refractivity contribution in [3.63, 3.8) is 0 Å². The Morgan fingerprint density at radius 1 is 0.941 bits per heavy atom. The number of halogens is 1. The Kier molecular flexibility index (Phi) is 4.10. The lowest BCUT2D eigenvalue weighted by Crippen LogP contribution is -1.99. The maximum atomic E-state index is 5.63. The molecule has 3 heteroatoms. The van der Waals surface area contributed by atoms with Gasteiger partial charge in [0.05, 0.1) is 12.5 Å². The molecule has 2 aromatic carbocycles. The van der Waals surface area contributed by atoms with Crippen molar-refractivity contribution < 1.29 is 9.47 Å². The minimum atomic E-state index is 0.488. The van der Waals surface area contributed by atoms with E-state index in [4.69, 9.17) is 21.1 Å². The van der Waals surface area contributed by atoms with E-state index in [1.807, 2.05) is 43.3 Å². The Morgan fingerprint density at radius 3 is 2.06 bits per heavy atom. The van der Waals surface area contributed by atoms with Crippen LogP contribution >= 0.6 is 11.6 Å². The van der Waals surface area contributed by atoms with E-state index < -0.39 is 0 Å². The third kappa shape index (κ3) is 2.64. The Hall–Kier alpha value is -1.41. The largest absolute Gasteiger partial charge is 0.493 e. The summed E-state index contributed by atoms with van der Waals surface area (Å²) in [5, 5.41) is 2.13. The van der Waals surface area contributed by atoms with Crippen molar-refractivity contribution in [1.82, 2.24) is 0 Å². The molecule has 17 heavy (non-hydrogen) atoms. The highest BCUT2D eigenvalue weighted by Crippen LogP contribution is 2.33. The summed E-state index contributed by atoms with van der Waals surface area (Å²) in [5.41, 5.74) is 0. The van der Waals surface area contributed by atoms with Crippen molar-refractivity contribution >= 4 is 22.4 Å². The number of rotatable bonds is 5. The van der Waals surface area contributed by atoms with Crippen LogP contribution < -0.4 is 9.47 Å². The topological polar surface area (TPSA) is 18.5 Å². The number of hydrogen-bond acceptors (Lipinski definition) is 2. The second-order valence-electron chi connectivity index (χ2n) is 3.58. The van der Waals surface area contributed by atoms with Gasteiger partial charge in [-0.05, 0) is 19.1 Å². The van der Waals surface area contributed by atoms with Crippen LogP contribution in [0, 0.1) is 0 Å². The highest BCUT2D eigenvalue weighted by molar-refractivity contribution is 6.18. The minimum Gasteiger partial charge on any atom is -0.493 e. The van der Waals surface area contributed by atoms with Crippen molar-refractivity contribution in [2.24, 2.45) is 0 Å². The van der Waals surface area contributed by atoms with E-state index in [1.165, 1.54) is 0 Å². The molecule has 0 radical (unpaired) electrons. The van der Waals surface area contributed by atoms with E-state index in [2.05, 4.69) is 0 Å². The van der Waals surface area contributed by atoms with Gasteiger partial charge in [-0.3, -0.25) is 0 Å². The molecule has 0 saturated heterocycles. The molecule has 0 spiro atoms. The second-order valence-corrected chi connectivity index (χ2v) is 3.96. The Labute approximate surface area is 106 Å². The summed E-state index contributed by atoms with van der Waals surface area (Å²) < 4.78 is 11.2. The van der Waals surface area contributed by atoms with E-state index in [0.29, 0.717) is 19.1 Å². The number of benzene rings is 2. The first-order chi connectivity index (χ1) is 8.36. The molecular weight excluding hydrogens is 236 g/mol. The Balaban J connectivity index is 2.46. The summed E-state index contributed by atoms with van der Waals surface area (Å²) in [4.78, 5) is 0. The van der Waals surface area contributed by atoms with Crippen molar-refractivity contribution in [2.75, 3.05) is 19.1 Å². The highest BCUT2D eigenvalue weighted by Gasteiger charge is 2.06. The molecule has 0 unspecified atom stereocenters. The highest BCUT2D eigenvalue weighted by atomic mass is 35.5. The summed E-state index contributed by atoms with van der Waals surface area (Å²) in [7, 11) is 0. The van der Waals surface area contributed by atoms with E-state index in [-0.39, 0.29) is 0 Å². The smallest absolute Gasteiger partial charge is 0.127 e. The van der Waals surface area contributed by atoms with Gasteiger partial charge < -0.3 is 9.47 Å². The van der Waals surface area contributed by atoms with Gasteiger partial charge in [-0.1, -0.05) is 24.3 Å². The lowest BCUT2D eigenvalue weighted by Gasteiger charge is -2.12. The van der Waals surface area contributed by atoms with E-state index in [9.17, 15) is 0 Å². The quantitative estimate of drug-likeness (QED) is 0.751. The fraction of sp³-hybridized carbons (Fsp3) is 0.286. The van der Waals surface area contributed by atoms with Crippen LogP contribution in [-0.4, -0.2) is 19.1 Å². The van der Waals surface area contributed by atoms with Gasteiger partial charge >= 0.3 is 0 Å². The molecule has 2 rings (SSSR count). The predicted molar refractivity (Wildman–Crippen MR) is 71.3 cm³/mol. The van der Waals surface area contributed by atoms with Crippen LogP contribution in [-0.2, 0) is 0 Å². The van der Waals surface area contributed by atoms with Gasteiger partial charge in [-0.25, -0.2) is 0 Å². The number of fused-ring (bicyclic) bond motifs is 1. The first-order valence-corrected chi connectivity index (χ1v) is 6.23. The molecule has 0 saturated carbocycles. The molecule has 90 valence electrons. The molecule has 0 fully saturated rings. The SMILES string of the molecule is CCOc1ccc(OCCCl)c2ccccc12. The molecule has 0 aromatic heterocycles. The van der Waals surface area contributed by atoms with Crippen molar-refractivity contribution in [2.45, 2.75) is 6.92 Å². The number of ether oxygens (including phenoxy) is 2. The second kappa shape index (κ2) is 5.78. The Morgan fingerprint density at radius 2 is 1.53 bits per heavy atom. The first kappa shape index (κ1) is 12.1. The van der Waals surface area contributed by atoms with Gasteiger partial charge in [0.15, 0.2) is 0 Å². The maximum absolute atomic E-state index is 5.63. The van der Waals surface area contributed by atoms with Crippen LogP contribution in [0.25, 0.3) is 10.8 Å². The van der Waals surface area contributed by atoms with Gasteiger partial charge in [0.2, 0.25) is 0 Å². The molecular formula is C14H15ClO2. The van der Waals surface area contributed by atoms with E-state index >= 15 is 0 Å². The average molecular weight is 251 g/mol. The van der Waals surface area contributed by atoms with Crippen LogP contribution in [0.15, 0.2) is 36.4 Å². The van der Waals surface area contributed by atoms with E-state index in [1.54, 1.807) is 0 Å². The first-order valence-electron chi connectivity index (χ1n) is 5.70. The van der Waals surface area contributed by atoms with Gasteiger partial charge in [0, 0.05) is 10.8 Å². The molecule has 0 heterocycles. The summed E-state index contributed by atoms with van der Waals surface area (Å²) in [5.74, 6) is 2.23. The maximum Gasteiger partial charge on any atom is 0.127 e. The predicted octanol–water partition coefficient (Wildman–Crippen LogP) is 3.86. The third-order valence-corrected chi connectivity index (χ3v) is 2.63. The standard InChI is InChI=1S/C14H15ClO2/c1-2-16-13-7-8-14(17-10-9-15)12-6-4-3-5-11(12)13/h3-8H,2,9-10H2,1H3. The van der Waals surface area contributed by atoms with Crippen molar-refractivity contribution in [1.29, 1.82) is 0 Å². The molecule has 2 aromatic rings. The molecule has 0 aliphatic heterocycles. The van der Waals surface area contributed by atoms with E-state index in [0.717, 1.165) is 22.3 Å². The zero-order valence-electron chi connectivity index (χ0n) is 9.78. The molecule has 0 aliphatic rings. The van der Waals surface area contributed by atoms with Crippen molar-refractivity contribution in [3.8, 4) is 11.5 Å². The summed E-state index contributed by atoms with van der Waals surface area (Å²) in [6.07, 6.45) is 0. The zero-order chi connectivity index (χ0) is 12.1. The molecule has 0 N–H and O–H groups in total. The zero-order valence-corrected chi connectivity index (χ0v) is 10.5. The van der Waals surface area contributed by atoms with Crippen LogP contribution in [0.1, 0.15) is 6.92 Å². The lowest BCUT2D eigenvalue weighted by molar-refractivity contribution is 0.338. The summed E-state index contributed by atoms with van der Waals surface area (Å²) >= 11 is 5.63. The monoisotopic (exact) mass is 250 g/mol. The van der Waals surface area contributed by atoms with Crippen LogP contribution in [0.4, 0.5) is 0 Å². The summed E-state index contributed by atoms with van der Waals surface area (Å²) in [6, 6.07) is 11.9. The van der Waals surface area contributed by atoms with Crippen LogP contribution in [0.3, 0.4) is 0 Å². The van der Waals surface area contributed by atoms with Crippen molar-refractivity contribution in [3.05, 3.63) is 36.4 Å². The third-order valence-electron chi connectivity index (χ3n) is 2.48. The van der Waals surface area contributed by atoms with Crippen LogP contribution in [0.2, 0.25) is 0 Å². The fourth-order valence-corrected chi connectivity index (χ4v) is 1.88. The van der Waals surface area contributed by atoms with Gasteiger partial charge in [-0.15, -0.1) is 11.6 Å². The Bertz CT molecular complexity index is 497. The molecule has 0 atom stereocenters. The number of alkyl halides is 1. The lowest BCUT2D eigenvalue weighted by atomic mass is 10.1. The average Bonchev–Trinajstić information content (AvgIpc) is 2.38. The fourth-order valence-electron chi connectivity index (χ4n) is 1.80. The molecule has 2 nitrogen and oxygen atoms in total. The summed E-state index contributed by atoms with van der Waals surface area (Å²) in [6.45, 7) is 3.15. The molecule has 0 aliphatic carbocycles. The molecule has 0 bridgehead atoms. The normalized spacial score (nSPS) is 10.5. The minimum absolute atomic E-state index is 0.488. The number of hydrogen-bond donors (Lipinski definition) is 0. The molecule has 0 amide bonds. The van der Waals surface area contributed by atoms with Gasteiger partial charge in [0.1, 0.15) is 18.1 Å². The van der Waals surface area contributed by atoms with Crippen LogP contribution in [0.5, 0.6) is 11.5 Å².